The summed E-state index contributed by atoms with van der Waals surface area (Å²) in [6.07, 6.45) is 4.32. The van der Waals surface area contributed by atoms with Crippen molar-refractivity contribution in [2.45, 2.75) is 45.6 Å². The molecule has 204 valence electrons. The predicted octanol–water partition coefficient (Wildman–Crippen LogP) is 5.28. The third-order valence-electron chi connectivity index (χ3n) is 7.43. The van der Waals surface area contributed by atoms with E-state index in [4.69, 9.17) is 14.2 Å². The van der Waals surface area contributed by atoms with E-state index in [2.05, 4.69) is 13.0 Å². The number of hydrogen-bond acceptors (Lipinski definition) is 5. The van der Waals surface area contributed by atoms with Crippen LogP contribution in [0.4, 0.5) is 4.79 Å². The molecule has 0 aromatic heterocycles. The Balaban J connectivity index is 1.65. The maximum atomic E-state index is 13.9. The van der Waals surface area contributed by atoms with Gasteiger partial charge in [-0.2, -0.15) is 0 Å². The highest BCUT2D eigenvalue weighted by molar-refractivity contribution is 5.94. The number of allylic oxidation sites excluding steroid dienone is 2. The second-order valence-corrected chi connectivity index (χ2v) is 9.78. The van der Waals surface area contributed by atoms with Crippen molar-refractivity contribution in [1.82, 2.24) is 14.7 Å². The first-order chi connectivity index (χ1) is 18.4. The molecule has 0 aliphatic carbocycles. The maximum Gasteiger partial charge on any atom is 0.324 e. The molecule has 2 heterocycles. The van der Waals surface area contributed by atoms with Gasteiger partial charge in [-0.05, 0) is 56.0 Å². The first-order valence-corrected chi connectivity index (χ1v) is 13.3. The number of benzene rings is 2. The molecule has 2 aliphatic rings. The van der Waals surface area contributed by atoms with E-state index in [1.807, 2.05) is 52.0 Å². The van der Waals surface area contributed by atoms with Gasteiger partial charge >= 0.3 is 6.03 Å². The molecule has 3 amide bonds. The molecule has 0 saturated carbocycles. The minimum absolute atomic E-state index is 0.00633. The molecule has 2 aromatic rings. The van der Waals surface area contributed by atoms with E-state index in [9.17, 15) is 9.59 Å². The van der Waals surface area contributed by atoms with Gasteiger partial charge in [-0.3, -0.25) is 9.69 Å². The number of hydrogen-bond donors (Lipinski definition) is 0. The Morgan fingerprint density at radius 2 is 1.74 bits per heavy atom. The first-order valence-electron chi connectivity index (χ1n) is 13.3. The van der Waals surface area contributed by atoms with Gasteiger partial charge in [0.05, 0.1) is 27.9 Å². The van der Waals surface area contributed by atoms with Crippen LogP contribution in [0.1, 0.15) is 60.5 Å². The molecule has 1 unspecified atom stereocenters. The van der Waals surface area contributed by atoms with Crippen molar-refractivity contribution in [3.05, 3.63) is 64.9 Å². The molecule has 0 radical (unpaired) electrons. The molecule has 4 rings (SSSR count). The predicted molar refractivity (Wildman–Crippen MR) is 147 cm³/mol. The zero-order valence-corrected chi connectivity index (χ0v) is 23.2. The lowest BCUT2D eigenvalue weighted by Gasteiger charge is -2.31. The Morgan fingerprint density at radius 3 is 2.45 bits per heavy atom. The summed E-state index contributed by atoms with van der Waals surface area (Å²) in [6.45, 7) is 6.95. The van der Waals surface area contributed by atoms with E-state index in [0.29, 0.717) is 62.6 Å². The van der Waals surface area contributed by atoms with Crippen LogP contribution in [-0.4, -0.2) is 74.1 Å². The Kier molecular flexibility index (Phi) is 8.81. The van der Waals surface area contributed by atoms with E-state index in [1.165, 1.54) is 0 Å². The average Bonchev–Trinajstić information content (AvgIpc) is 3.09. The quantitative estimate of drug-likeness (QED) is 0.535. The van der Waals surface area contributed by atoms with Gasteiger partial charge in [0.15, 0.2) is 0 Å². The fourth-order valence-electron chi connectivity index (χ4n) is 5.45. The van der Waals surface area contributed by atoms with Gasteiger partial charge in [-0.25, -0.2) is 4.79 Å². The number of nitrogens with zero attached hydrogens (tertiary/aromatic N) is 3. The number of ether oxygens (including phenoxy) is 3. The van der Waals surface area contributed by atoms with Crippen molar-refractivity contribution >= 4 is 11.9 Å². The van der Waals surface area contributed by atoms with Crippen LogP contribution in [0.2, 0.25) is 0 Å². The van der Waals surface area contributed by atoms with Crippen LogP contribution >= 0.6 is 0 Å². The molecule has 1 fully saturated rings. The summed E-state index contributed by atoms with van der Waals surface area (Å²) < 4.78 is 16.6. The smallest absolute Gasteiger partial charge is 0.324 e. The molecule has 38 heavy (non-hydrogen) atoms. The molecule has 8 nitrogen and oxygen atoms in total. The molecule has 0 bridgehead atoms. The first kappa shape index (κ1) is 27.4. The van der Waals surface area contributed by atoms with Crippen molar-refractivity contribution in [2.75, 3.05) is 47.5 Å². The second kappa shape index (κ2) is 12.2. The third kappa shape index (κ3) is 5.74. The van der Waals surface area contributed by atoms with Crippen molar-refractivity contribution in [1.29, 1.82) is 0 Å². The Labute approximate surface area is 225 Å². The summed E-state index contributed by atoms with van der Waals surface area (Å²) in [5.74, 6) is 2.17. The molecule has 8 heteroatoms. The number of fused-ring (bicyclic) bond motifs is 2. The highest BCUT2D eigenvalue weighted by Gasteiger charge is 2.30. The zero-order valence-electron chi connectivity index (χ0n) is 23.2. The number of amides is 3. The van der Waals surface area contributed by atoms with Crippen LogP contribution in [0.15, 0.2) is 48.2 Å². The number of carbonyl (C=O) groups excluding carboxylic acids is 2. The molecule has 1 saturated heterocycles. The van der Waals surface area contributed by atoms with Crippen molar-refractivity contribution < 1.29 is 23.8 Å². The Morgan fingerprint density at radius 1 is 0.974 bits per heavy atom. The summed E-state index contributed by atoms with van der Waals surface area (Å²) in [5, 5.41) is 0. The van der Waals surface area contributed by atoms with Gasteiger partial charge in [0, 0.05) is 55.0 Å². The second-order valence-electron chi connectivity index (χ2n) is 9.78. The van der Waals surface area contributed by atoms with E-state index < -0.39 is 0 Å². The Hall–Kier alpha value is -3.68. The largest absolute Gasteiger partial charge is 0.497 e. The highest BCUT2D eigenvalue weighted by Crippen LogP contribution is 2.40. The van der Waals surface area contributed by atoms with Crippen LogP contribution in [-0.2, 0) is 6.54 Å². The van der Waals surface area contributed by atoms with Crippen LogP contribution < -0.4 is 14.2 Å². The molecule has 0 spiro atoms. The summed E-state index contributed by atoms with van der Waals surface area (Å²) in [6, 6.07) is 11.2. The number of urea groups is 1. The van der Waals surface area contributed by atoms with Gasteiger partial charge < -0.3 is 24.0 Å². The third-order valence-corrected chi connectivity index (χ3v) is 7.43. The lowest BCUT2D eigenvalue weighted by Crippen LogP contribution is -2.43. The van der Waals surface area contributed by atoms with E-state index >= 15 is 0 Å². The van der Waals surface area contributed by atoms with Crippen molar-refractivity contribution in [3.8, 4) is 17.2 Å². The van der Waals surface area contributed by atoms with Gasteiger partial charge in [-0.15, -0.1) is 0 Å². The highest BCUT2D eigenvalue weighted by atomic mass is 16.5. The molecule has 2 aliphatic heterocycles. The SMILES string of the molecule is CCN1CCCN(C(=O)c2cccc(OC)c2)CCCC2=CC(C)c3c(cc(OC)cc3OC)CN2C1=O. The lowest BCUT2D eigenvalue weighted by atomic mass is 9.94. The van der Waals surface area contributed by atoms with Crippen LogP contribution in [0, 0.1) is 0 Å². The molecular formula is C30H39N3O5. The average molecular weight is 522 g/mol. The molecular weight excluding hydrogens is 482 g/mol. The molecule has 0 N–H and O–H groups in total. The van der Waals surface area contributed by atoms with Gasteiger partial charge in [0.25, 0.3) is 5.91 Å². The lowest BCUT2D eigenvalue weighted by molar-refractivity contribution is 0.0748. The number of carbonyl (C=O) groups is 2. The monoisotopic (exact) mass is 521 g/mol. The molecule has 2 aromatic carbocycles. The van der Waals surface area contributed by atoms with Crippen molar-refractivity contribution in [3.63, 3.8) is 0 Å². The summed E-state index contributed by atoms with van der Waals surface area (Å²) in [5.41, 5.74) is 3.69. The van der Waals surface area contributed by atoms with E-state index in [1.54, 1.807) is 27.4 Å². The summed E-state index contributed by atoms with van der Waals surface area (Å²) in [4.78, 5) is 33.0. The van der Waals surface area contributed by atoms with Crippen molar-refractivity contribution in [2.24, 2.45) is 0 Å². The minimum atomic E-state index is -0.0122. The summed E-state index contributed by atoms with van der Waals surface area (Å²) in [7, 11) is 4.91. The van der Waals surface area contributed by atoms with E-state index in [-0.39, 0.29) is 17.9 Å². The van der Waals surface area contributed by atoms with Gasteiger partial charge in [0.2, 0.25) is 0 Å². The van der Waals surface area contributed by atoms with Gasteiger partial charge in [0.1, 0.15) is 17.2 Å². The van der Waals surface area contributed by atoms with Crippen LogP contribution in [0.3, 0.4) is 0 Å². The van der Waals surface area contributed by atoms with Crippen LogP contribution in [0.25, 0.3) is 0 Å². The van der Waals surface area contributed by atoms with Gasteiger partial charge in [-0.1, -0.05) is 19.1 Å². The summed E-state index contributed by atoms with van der Waals surface area (Å²) >= 11 is 0. The minimum Gasteiger partial charge on any atom is -0.497 e. The topological polar surface area (TPSA) is 71.6 Å². The fourth-order valence-corrected chi connectivity index (χ4v) is 5.45. The number of methoxy groups -OCH3 is 3. The molecule has 1 atom stereocenters. The van der Waals surface area contributed by atoms with Crippen LogP contribution in [0.5, 0.6) is 17.2 Å². The Bertz CT molecular complexity index is 1190. The zero-order chi connectivity index (χ0) is 27.2. The standard InChI is InChI=1S/C30H39N3O5/c1-6-31-14-9-15-32(29(34)22-10-7-12-25(17-22)36-3)13-8-11-24-16-21(2)28-23(20-33(24)30(31)35)18-26(37-4)19-27(28)38-5/h7,10,12,16-19,21H,6,8-9,11,13-15,20H2,1-5H3. The maximum absolute atomic E-state index is 13.9. The normalized spacial score (nSPS) is 18.4. The van der Waals surface area contributed by atoms with E-state index in [0.717, 1.165) is 29.0 Å². The fraction of sp³-hybridized carbons (Fsp3) is 0.467. The number of rotatable bonds is 5.